The van der Waals surface area contributed by atoms with Gasteiger partial charge in [-0.1, -0.05) is 29.8 Å². The zero-order valence-electron chi connectivity index (χ0n) is 11.1. The number of pyridine rings is 1. The highest BCUT2D eigenvalue weighted by molar-refractivity contribution is 6.30. The largest absolute Gasteiger partial charge is 0.360 e. The molecule has 4 rings (SSSR count). The van der Waals surface area contributed by atoms with E-state index in [9.17, 15) is 0 Å². The summed E-state index contributed by atoms with van der Waals surface area (Å²) in [5.41, 5.74) is 5.01. The van der Waals surface area contributed by atoms with Crippen LogP contribution in [0.5, 0.6) is 0 Å². The molecule has 21 heavy (non-hydrogen) atoms. The summed E-state index contributed by atoms with van der Waals surface area (Å²) in [6.07, 6.45) is 3.95. The van der Waals surface area contributed by atoms with Crippen LogP contribution in [0.2, 0.25) is 5.02 Å². The summed E-state index contributed by atoms with van der Waals surface area (Å²) < 4.78 is 2.09. The van der Waals surface area contributed by atoms with Crippen molar-refractivity contribution in [3.8, 4) is 22.6 Å². The first-order valence-corrected chi connectivity index (χ1v) is 7.07. The first-order chi connectivity index (χ1) is 10.3. The highest BCUT2D eigenvalue weighted by atomic mass is 35.5. The molecule has 3 heterocycles. The fourth-order valence-corrected chi connectivity index (χ4v) is 2.67. The smallest absolute Gasteiger partial charge is 0.137 e. The first-order valence-electron chi connectivity index (χ1n) is 6.70. The molecule has 0 amide bonds. The molecule has 1 N–H and O–H groups in total. The molecule has 4 heteroatoms. The second-order valence-corrected chi connectivity index (χ2v) is 5.26. The number of benzene rings is 1. The molecule has 0 fully saturated rings. The normalized spacial score (nSPS) is 11.1. The lowest BCUT2D eigenvalue weighted by Crippen LogP contribution is -1.89. The summed E-state index contributed by atoms with van der Waals surface area (Å²) in [5.74, 6) is 0. The predicted octanol–water partition coefficient (Wildman–Crippen LogP) is 4.65. The number of hydrogen-bond acceptors (Lipinski definition) is 1. The van der Waals surface area contributed by atoms with Crippen LogP contribution in [0.4, 0.5) is 0 Å². The molecule has 0 aliphatic carbocycles. The number of rotatable bonds is 2. The van der Waals surface area contributed by atoms with E-state index in [1.807, 2.05) is 60.9 Å². The number of halogens is 1. The third-order valence-electron chi connectivity index (χ3n) is 3.50. The summed E-state index contributed by atoms with van der Waals surface area (Å²) in [5, 5.41) is 0.726. The van der Waals surface area contributed by atoms with Crippen molar-refractivity contribution in [2.75, 3.05) is 0 Å². The Morgan fingerprint density at radius 3 is 2.57 bits per heavy atom. The average Bonchev–Trinajstić information content (AvgIpc) is 3.14. The summed E-state index contributed by atoms with van der Waals surface area (Å²) in [4.78, 5) is 8.03. The molecule has 0 spiro atoms. The maximum atomic E-state index is 5.99. The van der Waals surface area contributed by atoms with Crippen molar-refractivity contribution in [2.45, 2.75) is 0 Å². The summed E-state index contributed by atoms with van der Waals surface area (Å²) in [7, 11) is 0. The Morgan fingerprint density at radius 1 is 0.952 bits per heavy atom. The Labute approximate surface area is 126 Å². The van der Waals surface area contributed by atoms with Crippen molar-refractivity contribution in [3.63, 3.8) is 0 Å². The van der Waals surface area contributed by atoms with E-state index < -0.39 is 0 Å². The lowest BCUT2D eigenvalue weighted by atomic mass is 10.1. The van der Waals surface area contributed by atoms with Crippen LogP contribution in [0.25, 0.3) is 28.3 Å². The molecule has 0 radical (unpaired) electrons. The Kier molecular flexibility index (Phi) is 2.79. The lowest BCUT2D eigenvalue weighted by Gasteiger charge is -2.03. The molecule has 102 valence electrons. The first kappa shape index (κ1) is 12.2. The highest BCUT2D eigenvalue weighted by Crippen LogP contribution is 2.32. The average molecular weight is 294 g/mol. The molecule has 0 atom stereocenters. The van der Waals surface area contributed by atoms with E-state index in [0.29, 0.717) is 0 Å². The van der Waals surface area contributed by atoms with E-state index in [0.717, 1.165) is 33.3 Å². The number of nitrogens with zero attached hydrogens (tertiary/aromatic N) is 2. The third-order valence-corrected chi connectivity index (χ3v) is 3.75. The quantitative estimate of drug-likeness (QED) is 0.573. The summed E-state index contributed by atoms with van der Waals surface area (Å²) >= 11 is 5.99. The Bertz CT molecular complexity index is 890. The van der Waals surface area contributed by atoms with Gasteiger partial charge in [0.2, 0.25) is 0 Å². The number of hydrogen-bond donors (Lipinski definition) is 1. The molecule has 0 aliphatic rings. The van der Waals surface area contributed by atoms with Crippen LogP contribution in [0.3, 0.4) is 0 Å². The Balaban J connectivity index is 2.04. The van der Waals surface area contributed by atoms with E-state index >= 15 is 0 Å². The molecule has 4 aromatic rings. The van der Waals surface area contributed by atoms with Crippen LogP contribution in [0.15, 0.2) is 67.0 Å². The molecule has 0 saturated heterocycles. The van der Waals surface area contributed by atoms with Gasteiger partial charge in [0, 0.05) is 23.0 Å². The molecule has 3 nitrogen and oxygen atoms in total. The second kappa shape index (κ2) is 4.79. The van der Waals surface area contributed by atoms with E-state index in [2.05, 4.69) is 15.5 Å². The van der Waals surface area contributed by atoms with Crippen LogP contribution in [-0.2, 0) is 0 Å². The summed E-state index contributed by atoms with van der Waals surface area (Å²) in [6.45, 7) is 0. The molecule has 0 bridgehead atoms. The van der Waals surface area contributed by atoms with Gasteiger partial charge in [-0.25, -0.2) is 4.98 Å². The van der Waals surface area contributed by atoms with Gasteiger partial charge in [-0.15, -0.1) is 0 Å². The van der Waals surface area contributed by atoms with Gasteiger partial charge in [-0.3, -0.25) is 4.40 Å². The number of aromatic amines is 1. The molecule has 1 aromatic carbocycles. The van der Waals surface area contributed by atoms with Crippen molar-refractivity contribution in [2.24, 2.45) is 0 Å². The second-order valence-electron chi connectivity index (χ2n) is 4.83. The van der Waals surface area contributed by atoms with Gasteiger partial charge in [0.1, 0.15) is 5.65 Å². The minimum Gasteiger partial charge on any atom is -0.360 e. The van der Waals surface area contributed by atoms with E-state index in [4.69, 9.17) is 16.6 Å². The fourth-order valence-electron chi connectivity index (χ4n) is 2.54. The molecule has 0 aliphatic heterocycles. The van der Waals surface area contributed by atoms with Crippen molar-refractivity contribution < 1.29 is 0 Å². The SMILES string of the molecule is Clc1ccc(-c2nc3ccccn3c2-c2ccc[nH]2)cc1. The van der Waals surface area contributed by atoms with E-state index in [1.165, 1.54) is 0 Å². The van der Waals surface area contributed by atoms with Gasteiger partial charge in [0.15, 0.2) is 0 Å². The zero-order valence-corrected chi connectivity index (χ0v) is 11.9. The minimum absolute atomic E-state index is 0.726. The minimum atomic E-state index is 0.726. The number of H-pyrrole nitrogens is 1. The highest BCUT2D eigenvalue weighted by Gasteiger charge is 2.15. The maximum Gasteiger partial charge on any atom is 0.137 e. The van der Waals surface area contributed by atoms with E-state index in [-0.39, 0.29) is 0 Å². The van der Waals surface area contributed by atoms with Crippen LogP contribution in [-0.4, -0.2) is 14.4 Å². The van der Waals surface area contributed by atoms with Crippen LogP contribution in [0, 0.1) is 0 Å². The Hall–Kier alpha value is -2.52. The van der Waals surface area contributed by atoms with E-state index in [1.54, 1.807) is 0 Å². The fraction of sp³-hybridized carbons (Fsp3) is 0. The number of imidazole rings is 1. The molecule has 3 aromatic heterocycles. The maximum absolute atomic E-state index is 5.99. The standard InChI is InChI=1S/C17H12ClN3/c18-13-8-6-12(7-9-13)16-17(14-4-3-10-19-14)21-11-2-1-5-15(21)20-16/h1-11,19H. The molecule has 0 unspecified atom stereocenters. The summed E-state index contributed by atoms with van der Waals surface area (Å²) in [6, 6.07) is 17.8. The monoisotopic (exact) mass is 293 g/mol. The van der Waals surface area contributed by atoms with Crippen LogP contribution in [0.1, 0.15) is 0 Å². The molecular weight excluding hydrogens is 282 g/mol. The predicted molar refractivity (Wildman–Crippen MR) is 85.4 cm³/mol. The Morgan fingerprint density at radius 2 is 1.81 bits per heavy atom. The molecular formula is C17H12ClN3. The van der Waals surface area contributed by atoms with Gasteiger partial charge in [0.05, 0.1) is 17.1 Å². The number of fused-ring (bicyclic) bond motifs is 1. The van der Waals surface area contributed by atoms with Crippen LogP contribution < -0.4 is 0 Å². The molecule has 0 saturated carbocycles. The van der Waals surface area contributed by atoms with Gasteiger partial charge < -0.3 is 4.98 Å². The lowest BCUT2D eigenvalue weighted by molar-refractivity contribution is 1.18. The third kappa shape index (κ3) is 2.03. The van der Waals surface area contributed by atoms with Crippen LogP contribution >= 0.6 is 11.6 Å². The van der Waals surface area contributed by atoms with Gasteiger partial charge in [0.25, 0.3) is 0 Å². The number of nitrogens with one attached hydrogen (secondary N) is 1. The van der Waals surface area contributed by atoms with Gasteiger partial charge in [-0.05, 0) is 36.4 Å². The van der Waals surface area contributed by atoms with Crippen molar-refractivity contribution in [1.82, 2.24) is 14.4 Å². The van der Waals surface area contributed by atoms with Crippen molar-refractivity contribution in [3.05, 3.63) is 72.0 Å². The topological polar surface area (TPSA) is 33.1 Å². The van der Waals surface area contributed by atoms with Gasteiger partial charge >= 0.3 is 0 Å². The van der Waals surface area contributed by atoms with Crippen molar-refractivity contribution in [1.29, 1.82) is 0 Å². The zero-order chi connectivity index (χ0) is 14.2. The number of aromatic nitrogens is 3. The van der Waals surface area contributed by atoms with Crippen molar-refractivity contribution >= 4 is 17.2 Å². The van der Waals surface area contributed by atoms with Gasteiger partial charge in [-0.2, -0.15) is 0 Å².